The molecule has 138 valence electrons. The number of rotatable bonds is 6. The number of ether oxygens (including phenoxy) is 2. The topological polar surface area (TPSA) is 160 Å². The highest BCUT2D eigenvalue weighted by molar-refractivity contribution is 5.97. The lowest BCUT2D eigenvalue weighted by atomic mass is 9.87. The molecule has 1 N–H and O–H groups in total. The Labute approximate surface area is 156 Å². The average molecular weight is 367 g/mol. The number of nitrogens with one attached hydrogen (secondary N) is 1. The molecular formula is C18H17N5O4. The standard InChI is InChI=1S/C18H17N5O4/c1-10-15(17(24)26-8-13(4-19)5-20)11(2)23-12(3)16(10)18(25)27-9-14(6-21)7-22/h10,13-14,23H,8-9H2,1-3H3. The molecule has 1 aliphatic rings. The fourth-order valence-electron chi connectivity index (χ4n) is 2.55. The second kappa shape index (κ2) is 9.61. The maximum Gasteiger partial charge on any atom is 0.336 e. The fraction of sp³-hybridized carbons (Fsp3) is 0.444. The summed E-state index contributed by atoms with van der Waals surface area (Å²) in [5.41, 5.74) is 1.27. The summed E-state index contributed by atoms with van der Waals surface area (Å²) in [6.07, 6.45) is 0. The van der Waals surface area contributed by atoms with Crippen molar-refractivity contribution in [3.8, 4) is 24.3 Å². The Balaban J connectivity index is 2.95. The third kappa shape index (κ3) is 5.08. The van der Waals surface area contributed by atoms with Crippen LogP contribution in [0.1, 0.15) is 20.8 Å². The number of dihydropyridines is 1. The Kier molecular flexibility index (Phi) is 7.55. The number of carbonyl (C=O) groups excluding carboxylic acids is 2. The van der Waals surface area contributed by atoms with Crippen LogP contribution in [0, 0.1) is 63.1 Å². The average Bonchev–Trinajstić information content (AvgIpc) is 2.62. The van der Waals surface area contributed by atoms with Crippen LogP contribution in [-0.2, 0) is 19.1 Å². The summed E-state index contributed by atoms with van der Waals surface area (Å²) in [4.78, 5) is 24.8. The first-order chi connectivity index (χ1) is 12.8. The SMILES string of the molecule is CC1=C(C(=O)OCC(C#N)C#N)C(C)C(C(=O)OCC(C#N)C#N)=C(C)N1. The van der Waals surface area contributed by atoms with Crippen LogP contribution < -0.4 is 5.32 Å². The first-order valence-electron chi connectivity index (χ1n) is 7.91. The van der Waals surface area contributed by atoms with Gasteiger partial charge in [0.05, 0.1) is 35.4 Å². The largest absolute Gasteiger partial charge is 0.460 e. The van der Waals surface area contributed by atoms with E-state index in [4.69, 9.17) is 30.5 Å². The summed E-state index contributed by atoms with van der Waals surface area (Å²) in [6.45, 7) is 4.10. The van der Waals surface area contributed by atoms with E-state index in [0.717, 1.165) is 0 Å². The Hall–Kier alpha value is -3.82. The van der Waals surface area contributed by atoms with Crippen molar-refractivity contribution < 1.29 is 19.1 Å². The Morgan fingerprint density at radius 3 is 1.52 bits per heavy atom. The number of nitrogens with zero attached hydrogens (tertiary/aromatic N) is 4. The number of carbonyl (C=O) groups is 2. The highest BCUT2D eigenvalue weighted by Crippen LogP contribution is 2.31. The molecule has 0 saturated heterocycles. The van der Waals surface area contributed by atoms with Gasteiger partial charge in [0.1, 0.15) is 13.2 Å². The van der Waals surface area contributed by atoms with Gasteiger partial charge < -0.3 is 14.8 Å². The summed E-state index contributed by atoms with van der Waals surface area (Å²) in [5, 5.41) is 37.9. The lowest BCUT2D eigenvalue weighted by molar-refractivity contribution is -0.141. The van der Waals surface area contributed by atoms with Crippen molar-refractivity contribution >= 4 is 11.9 Å². The number of hydrogen-bond donors (Lipinski definition) is 1. The van der Waals surface area contributed by atoms with Gasteiger partial charge in [-0.15, -0.1) is 0 Å². The Bertz CT molecular complexity index is 762. The molecule has 0 atom stereocenters. The highest BCUT2D eigenvalue weighted by Gasteiger charge is 2.34. The van der Waals surface area contributed by atoms with Crippen molar-refractivity contribution in [1.82, 2.24) is 5.32 Å². The minimum atomic E-state index is -1.09. The van der Waals surface area contributed by atoms with Crippen molar-refractivity contribution in [1.29, 1.82) is 21.0 Å². The molecule has 0 aromatic rings. The molecule has 0 bridgehead atoms. The summed E-state index contributed by atoms with van der Waals surface area (Å²) in [6, 6.07) is 6.79. The minimum absolute atomic E-state index is 0.166. The summed E-state index contributed by atoms with van der Waals surface area (Å²) in [5.74, 6) is -4.37. The van der Waals surface area contributed by atoms with Crippen LogP contribution in [0.3, 0.4) is 0 Å². The predicted molar refractivity (Wildman–Crippen MR) is 89.0 cm³/mol. The Morgan fingerprint density at radius 1 is 0.889 bits per heavy atom. The molecule has 0 fully saturated rings. The third-order valence-corrected chi connectivity index (χ3v) is 3.87. The summed E-state index contributed by atoms with van der Waals surface area (Å²) in [7, 11) is 0. The maximum absolute atomic E-state index is 12.4. The number of hydrogen-bond acceptors (Lipinski definition) is 9. The molecule has 0 saturated carbocycles. The van der Waals surface area contributed by atoms with Crippen LogP contribution in [0.4, 0.5) is 0 Å². The first-order valence-corrected chi connectivity index (χ1v) is 7.91. The molecule has 1 heterocycles. The molecule has 1 aliphatic heterocycles. The number of nitriles is 4. The molecule has 0 aromatic heterocycles. The molecule has 9 nitrogen and oxygen atoms in total. The van der Waals surface area contributed by atoms with Gasteiger partial charge in [0.2, 0.25) is 0 Å². The van der Waals surface area contributed by atoms with Crippen LogP contribution >= 0.6 is 0 Å². The number of allylic oxidation sites excluding steroid dienone is 2. The van der Waals surface area contributed by atoms with Crippen LogP contribution in [0.2, 0.25) is 0 Å². The Morgan fingerprint density at radius 2 is 1.22 bits per heavy atom. The van der Waals surface area contributed by atoms with E-state index in [2.05, 4.69) is 5.32 Å². The normalized spacial score (nSPS) is 14.0. The van der Waals surface area contributed by atoms with E-state index in [1.54, 1.807) is 45.0 Å². The molecule has 0 amide bonds. The van der Waals surface area contributed by atoms with Crippen molar-refractivity contribution in [2.75, 3.05) is 13.2 Å². The van der Waals surface area contributed by atoms with Crippen LogP contribution in [0.25, 0.3) is 0 Å². The molecular weight excluding hydrogens is 350 g/mol. The van der Waals surface area contributed by atoms with Gasteiger partial charge in [-0.3, -0.25) is 0 Å². The highest BCUT2D eigenvalue weighted by atomic mass is 16.5. The van der Waals surface area contributed by atoms with E-state index in [1.807, 2.05) is 0 Å². The lowest BCUT2D eigenvalue weighted by Gasteiger charge is -2.27. The van der Waals surface area contributed by atoms with Crippen LogP contribution in [0.15, 0.2) is 22.5 Å². The molecule has 9 heteroatoms. The van der Waals surface area contributed by atoms with E-state index in [9.17, 15) is 9.59 Å². The summed E-state index contributed by atoms with van der Waals surface area (Å²) >= 11 is 0. The van der Waals surface area contributed by atoms with Gasteiger partial charge >= 0.3 is 11.9 Å². The van der Waals surface area contributed by atoms with Crippen molar-refractivity contribution in [3.05, 3.63) is 22.5 Å². The smallest absolute Gasteiger partial charge is 0.336 e. The van der Waals surface area contributed by atoms with E-state index in [1.165, 1.54) is 0 Å². The molecule has 27 heavy (non-hydrogen) atoms. The van der Waals surface area contributed by atoms with Gasteiger partial charge in [0, 0.05) is 17.3 Å². The molecule has 0 aliphatic carbocycles. The minimum Gasteiger partial charge on any atom is -0.460 e. The van der Waals surface area contributed by atoms with Gasteiger partial charge in [0.25, 0.3) is 0 Å². The van der Waals surface area contributed by atoms with Gasteiger partial charge in [-0.05, 0) is 13.8 Å². The lowest BCUT2D eigenvalue weighted by Crippen LogP contribution is -2.33. The molecule has 0 aromatic carbocycles. The molecule has 0 spiro atoms. The zero-order valence-corrected chi connectivity index (χ0v) is 15.1. The van der Waals surface area contributed by atoms with Gasteiger partial charge in [-0.25, -0.2) is 9.59 Å². The van der Waals surface area contributed by atoms with Crippen molar-refractivity contribution in [2.45, 2.75) is 20.8 Å². The van der Waals surface area contributed by atoms with Gasteiger partial charge in [-0.1, -0.05) is 6.92 Å². The van der Waals surface area contributed by atoms with E-state index < -0.39 is 29.7 Å². The quantitative estimate of drug-likeness (QED) is 0.680. The maximum atomic E-state index is 12.4. The van der Waals surface area contributed by atoms with E-state index >= 15 is 0 Å². The molecule has 0 unspecified atom stereocenters. The fourth-order valence-corrected chi connectivity index (χ4v) is 2.55. The predicted octanol–water partition coefficient (Wildman–Crippen LogP) is 1.19. The number of esters is 2. The van der Waals surface area contributed by atoms with E-state index in [0.29, 0.717) is 11.4 Å². The second-order valence-electron chi connectivity index (χ2n) is 5.74. The van der Waals surface area contributed by atoms with Crippen LogP contribution in [0.5, 0.6) is 0 Å². The molecule has 0 radical (unpaired) electrons. The third-order valence-electron chi connectivity index (χ3n) is 3.87. The second-order valence-corrected chi connectivity index (χ2v) is 5.74. The zero-order valence-electron chi connectivity index (χ0n) is 15.1. The van der Waals surface area contributed by atoms with Crippen LogP contribution in [-0.4, -0.2) is 25.2 Å². The van der Waals surface area contributed by atoms with Gasteiger partial charge in [-0.2, -0.15) is 21.0 Å². The summed E-state index contributed by atoms with van der Waals surface area (Å²) < 4.78 is 10.0. The van der Waals surface area contributed by atoms with Gasteiger partial charge in [0.15, 0.2) is 11.8 Å². The van der Waals surface area contributed by atoms with Crippen molar-refractivity contribution in [2.24, 2.45) is 17.8 Å². The monoisotopic (exact) mass is 367 g/mol. The first kappa shape index (κ1) is 21.2. The van der Waals surface area contributed by atoms with E-state index in [-0.39, 0.29) is 24.4 Å². The van der Waals surface area contributed by atoms with Crippen molar-refractivity contribution in [3.63, 3.8) is 0 Å². The molecule has 1 rings (SSSR count). The zero-order chi connectivity index (χ0) is 20.6.